The van der Waals surface area contributed by atoms with Gasteiger partial charge in [0, 0.05) is 18.8 Å². The van der Waals surface area contributed by atoms with Crippen LogP contribution in [0.5, 0.6) is 0 Å². The summed E-state index contributed by atoms with van der Waals surface area (Å²) in [4.78, 5) is 2.56. The molecule has 0 amide bonds. The van der Waals surface area contributed by atoms with Gasteiger partial charge in [0.2, 0.25) is 0 Å². The van der Waals surface area contributed by atoms with E-state index in [9.17, 15) is 0 Å². The smallest absolute Gasteiger partial charge is 0.0399 e. The van der Waals surface area contributed by atoms with Gasteiger partial charge in [0.15, 0.2) is 0 Å². The van der Waals surface area contributed by atoms with E-state index in [-0.39, 0.29) is 0 Å². The van der Waals surface area contributed by atoms with Gasteiger partial charge in [0.25, 0.3) is 0 Å². The average molecular weight is 246 g/mol. The highest BCUT2D eigenvalue weighted by Gasteiger charge is 2.23. The molecule has 2 heteroatoms. The van der Waals surface area contributed by atoms with Crippen LogP contribution in [0.3, 0.4) is 0 Å². The van der Waals surface area contributed by atoms with Crippen molar-refractivity contribution >= 4 is 5.69 Å². The Labute approximate surface area is 111 Å². The van der Waals surface area contributed by atoms with Gasteiger partial charge in [-0.3, -0.25) is 0 Å². The van der Waals surface area contributed by atoms with Crippen molar-refractivity contribution in [3.8, 4) is 0 Å². The molecule has 0 aliphatic carbocycles. The number of rotatable bonds is 3. The van der Waals surface area contributed by atoms with E-state index in [1.54, 1.807) is 0 Å². The molecular weight excluding hydrogens is 220 g/mol. The van der Waals surface area contributed by atoms with Crippen LogP contribution in [0.4, 0.5) is 5.69 Å². The van der Waals surface area contributed by atoms with Crippen LogP contribution in [-0.2, 0) is 6.42 Å². The fourth-order valence-corrected chi connectivity index (χ4v) is 2.85. The lowest BCUT2D eigenvalue weighted by atomic mass is 9.85. The number of anilines is 1. The lowest BCUT2D eigenvalue weighted by Gasteiger charge is -2.26. The summed E-state index contributed by atoms with van der Waals surface area (Å²) in [6, 6.07) is 8.74. The van der Waals surface area contributed by atoms with Gasteiger partial charge in [-0.2, -0.15) is 0 Å². The predicted octanol–water partition coefficient (Wildman–Crippen LogP) is 3.20. The lowest BCUT2D eigenvalue weighted by Crippen LogP contribution is -2.26. The van der Waals surface area contributed by atoms with Crippen molar-refractivity contribution < 1.29 is 0 Å². The highest BCUT2D eigenvalue weighted by Crippen LogP contribution is 2.32. The van der Waals surface area contributed by atoms with Crippen molar-refractivity contribution in [3.05, 3.63) is 29.8 Å². The Morgan fingerprint density at radius 2 is 1.94 bits per heavy atom. The topological polar surface area (TPSA) is 29.3 Å². The molecule has 0 saturated carbocycles. The molecule has 1 aromatic carbocycles. The van der Waals surface area contributed by atoms with Gasteiger partial charge in [0.05, 0.1) is 0 Å². The molecule has 0 bridgehead atoms. The molecule has 2 N–H and O–H groups in total. The van der Waals surface area contributed by atoms with E-state index in [0.29, 0.717) is 5.41 Å². The highest BCUT2D eigenvalue weighted by molar-refractivity contribution is 5.54. The third-order valence-electron chi connectivity index (χ3n) is 4.09. The summed E-state index contributed by atoms with van der Waals surface area (Å²) >= 11 is 0. The minimum Gasteiger partial charge on any atom is -0.371 e. The maximum Gasteiger partial charge on any atom is 0.0399 e. The summed E-state index contributed by atoms with van der Waals surface area (Å²) in [5.74, 6) is 0. The van der Waals surface area contributed by atoms with Crippen LogP contribution in [0, 0.1) is 5.41 Å². The Hall–Kier alpha value is -1.02. The molecule has 1 aliphatic rings. The molecule has 2 nitrogen and oxygen atoms in total. The second-order valence-electron chi connectivity index (χ2n) is 6.17. The largest absolute Gasteiger partial charge is 0.371 e. The van der Waals surface area contributed by atoms with E-state index in [1.165, 1.54) is 43.6 Å². The zero-order valence-corrected chi connectivity index (χ0v) is 11.8. The molecule has 1 saturated heterocycles. The molecule has 0 unspecified atom stereocenters. The molecule has 100 valence electrons. The molecule has 1 aliphatic heterocycles. The molecule has 0 radical (unpaired) electrons. The summed E-state index contributed by atoms with van der Waals surface area (Å²) in [6.45, 7) is 7.88. The molecule has 1 fully saturated rings. The van der Waals surface area contributed by atoms with Gasteiger partial charge in [-0.25, -0.2) is 0 Å². The lowest BCUT2D eigenvalue weighted by molar-refractivity contribution is 0.325. The van der Waals surface area contributed by atoms with Gasteiger partial charge in [0.1, 0.15) is 0 Å². The first kappa shape index (κ1) is 13.4. The molecule has 18 heavy (non-hydrogen) atoms. The first-order valence-electron chi connectivity index (χ1n) is 7.15. The fraction of sp³-hybridized carbons (Fsp3) is 0.625. The van der Waals surface area contributed by atoms with Crippen molar-refractivity contribution in [3.63, 3.8) is 0 Å². The van der Waals surface area contributed by atoms with Crippen molar-refractivity contribution in [1.29, 1.82) is 0 Å². The number of nitrogens with zero attached hydrogens (tertiary/aromatic N) is 1. The second kappa shape index (κ2) is 5.75. The third-order valence-corrected chi connectivity index (χ3v) is 4.09. The van der Waals surface area contributed by atoms with Gasteiger partial charge in [-0.15, -0.1) is 0 Å². The van der Waals surface area contributed by atoms with Crippen molar-refractivity contribution in [1.82, 2.24) is 0 Å². The van der Waals surface area contributed by atoms with Crippen LogP contribution >= 0.6 is 0 Å². The molecule has 2 rings (SSSR count). The van der Waals surface area contributed by atoms with Crippen molar-refractivity contribution in [2.75, 3.05) is 24.5 Å². The Kier molecular flexibility index (Phi) is 4.28. The zero-order chi connectivity index (χ0) is 13.0. The number of nitrogens with two attached hydrogens (primary N) is 1. The van der Waals surface area contributed by atoms with Gasteiger partial charge in [-0.1, -0.05) is 32.0 Å². The predicted molar refractivity (Wildman–Crippen MR) is 79.0 cm³/mol. The van der Waals surface area contributed by atoms with E-state index in [4.69, 9.17) is 5.73 Å². The molecule has 0 atom stereocenters. The summed E-state index contributed by atoms with van der Waals surface area (Å²) in [5.41, 5.74) is 9.02. The maximum absolute atomic E-state index is 5.71. The van der Waals surface area contributed by atoms with E-state index in [1.807, 2.05) is 0 Å². The number of hydrogen-bond acceptors (Lipinski definition) is 2. The first-order chi connectivity index (χ1) is 8.62. The normalized spacial score (nSPS) is 19.6. The van der Waals surface area contributed by atoms with Gasteiger partial charge < -0.3 is 10.6 Å². The minimum absolute atomic E-state index is 0.498. The van der Waals surface area contributed by atoms with Gasteiger partial charge >= 0.3 is 0 Å². The summed E-state index contributed by atoms with van der Waals surface area (Å²) in [5, 5.41) is 0. The van der Waals surface area contributed by atoms with E-state index in [0.717, 1.165) is 13.0 Å². The Bertz CT molecular complexity index is 384. The van der Waals surface area contributed by atoms with Crippen molar-refractivity contribution in [2.24, 2.45) is 11.1 Å². The molecule has 0 spiro atoms. The molecule has 1 heterocycles. The van der Waals surface area contributed by atoms with E-state index in [2.05, 4.69) is 43.0 Å². The SMILES string of the molecule is CC1(C)CCCN(c2ccccc2CCN)CC1. The Morgan fingerprint density at radius 3 is 2.72 bits per heavy atom. The van der Waals surface area contributed by atoms with E-state index < -0.39 is 0 Å². The highest BCUT2D eigenvalue weighted by atomic mass is 15.1. The standard InChI is InChI=1S/C16H26N2/c1-16(2)9-5-12-18(13-10-16)15-7-4-3-6-14(15)8-11-17/h3-4,6-7H,5,8-13,17H2,1-2H3. The Morgan fingerprint density at radius 1 is 1.17 bits per heavy atom. The zero-order valence-electron chi connectivity index (χ0n) is 11.8. The summed E-state index contributed by atoms with van der Waals surface area (Å²) in [6.07, 6.45) is 4.90. The van der Waals surface area contributed by atoms with Crippen LogP contribution in [0.1, 0.15) is 38.7 Å². The van der Waals surface area contributed by atoms with Crippen LogP contribution < -0.4 is 10.6 Å². The average Bonchev–Trinajstić information content (AvgIpc) is 2.52. The third kappa shape index (κ3) is 3.26. The van der Waals surface area contributed by atoms with Crippen LogP contribution in [0.15, 0.2) is 24.3 Å². The summed E-state index contributed by atoms with van der Waals surface area (Å²) in [7, 11) is 0. The Balaban J connectivity index is 2.15. The van der Waals surface area contributed by atoms with Crippen LogP contribution in [0.2, 0.25) is 0 Å². The minimum atomic E-state index is 0.498. The first-order valence-corrected chi connectivity index (χ1v) is 7.15. The summed E-state index contributed by atoms with van der Waals surface area (Å²) < 4.78 is 0. The molecule has 0 aromatic heterocycles. The van der Waals surface area contributed by atoms with Gasteiger partial charge in [-0.05, 0) is 49.3 Å². The number of benzene rings is 1. The second-order valence-corrected chi connectivity index (χ2v) is 6.17. The van der Waals surface area contributed by atoms with Crippen LogP contribution in [-0.4, -0.2) is 19.6 Å². The number of para-hydroxylation sites is 1. The maximum atomic E-state index is 5.71. The fourth-order valence-electron chi connectivity index (χ4n) is 2.85. The monoisotopic (exact) mass is 246 g/mol. The quantitative estimate of drug-likeness (QED) is 0.887. The molecular formula is C16H26N2. The van der Waals surface area contributed by atoms with Crippen molar-refractivity contribution in [2.45, 2.75) is 39.5 Å². The van der Waals surface area contributed by atoms with E-state index >= 15 is 0 Å². The van der Waals surface area contributed by atoms with Crippen LogP contribution in [0.25, 0.3) is 0 Å². The number of hydrogen-bond donors (Lipinski definition) is 1. The molecule has 1 aromatic rings.